The molecule has 1 amide bonds. The third-order valence-electron chi connectivity index (χ3n) is 2.11. The third-order valence-corrected chi connectivity index (χ3v) is 2.11. The molecule has 2 N–H and O–H groups in total. The van der Waals surface area contributed by atoms with Crippen molar-refractivity contribution >= 4 is 5.91 Å². The minimum Gasteiger partial charge on any atom is -0.383 e. The topological polar surface area (TPSA) is 55.6 Å². The average Bonchev–Trinajstić information content (AvgIpc) is 2.48. The number of ether oxygens (including phenoxy) is 1. The highest BCUT2D eigenvalue weighted by Crippen LogP contribution is 2.14. The van der Waals surface area contributed by atoms with Gasteiger partial charge in [-0.15, -0.1) is 0 Å². The van der Waals surface area contributed by atoms with Gasteiger partial charge in [0.2, 0.25) is 5.91 Å². The second-order valence-corrected chi connectivity index (χ2v) is 2.93. The molecule has 0 saturated carbocycles. The molecule has 1 heterocycles. The molecule has 69 valence electrons. The number of nitrogens with zero attached hydrogens (tertiary/aromatic N) is 1. The normalized spacial score (nSPS) is 24.6. The number of nitrogens with two attached hydrogens (primary N) is 1. The molecule has 0 aromatic heterocycles. The summed E-state index contributed by atoms with van der Waals surface area (Å²) in [4.78, 5) is 12.9. The highest BCUT2D eigenvalue weighted by molar-refractivity contribution is 5.80. The molecule has 1 fully saturated rings. The van der Waals surface area contributed by atoms with Crippen LogP contribution in [-0.4, -0.2) is 43.7 Å². The number of hydrogen-bond donors (Lipinski definition) is 1. The van der Waals surface area contributed by atoms with Crippen molar-refractivity contribution in [2.24, 2.45) is 5.73 Å². The van der Waals surface area contributed by atoms with Gasteiger partial charge in [0.1, 0.15) is 0 Å². The van der Waals surface area contributed by atoms with Gasteiger partial charge in [0, 0.05) is 20.2 Å². The van der Waals surface area contributed by atoms with E-state index in [9.17, 15) is 4.79 Å². The second kappa shape index (κ2) is 4.42. The van der Waals surface area contributed by atoms with Crippen molar-refractivity contribution in [1.29, 1.82) is 0 Å². The zero-order valence-electron chi connectivity index (χ0n) is 7.32. The van der Waals surface area contributed by atoms with E-state index in [0.717, 1.165) is 19.5 Å². The number of likely N-dealkylation sites (tertiary alicyclic amines) is 1. The Morgan fingerprint density at radius 1 is 1.83 bits per heavy atom. The first-order valence-corrected chi connectivity index (χ1v) is 4.09. The summed E-state index contributed by atoms with van der Waals surface area (Å²) < 4.78 is 4.92. The van der Waals surface area contributed by atoms with Crippen LogP contribution in [0.2, 0.25) is 0 Å². The van der Waals surface area contributed by atoms with E-state index in [4.69, 9.17) is 10.5 Å². The van der Waals surface area contributed by atoms with E-state index >= 15 is 0 Å². The smallest absolute Gasteiger partial charge is 0.234 e. The van der Waals surface area contributed by atoms with Gasteiger partial charge >= 0.3 is 0 Å². The number of carbonyl (C=O) groups is 1. The fraction of sp³-hybridized carbons (Fsp3) is 0.750. The zero-order valence-corrected chi connectivity index (χ0v) is 7.32. The number of primary amides is 1. The summed E-state index contributed by atoms with van der Waals surface area (Å²) in [5.41, 5.74) is 5.22. The number of hydrogen-bond acceptors (Lipinski definition) is 3. The van der Waals surface area contributed by atoms with Crippen LogP contribution in [0.25, 0.3) is 0 Å². The van der Waals surface area contributed by atoms with Crippen molar-refractivity contribution in [2.75, 3.05) is 26.8 Å². The average molecular weight is 171 g/mol. The summed E-state index contributed by atoms with van der Waals surface area (Å²) in [5, 5.41) is 0. The van der Waals surface area contributed by atoms with Crippen LogP contribution in [-0.2, 0) is 9.53 Å². The molecule has 1 unspecified atom stereocenters. The van der Waals surface area contributed by atoms with E-state index in [0.29, 0.717) is 6.61 Å². The van der Waals surface area contributed by atoms with Gasteiger partial charge in [-0.3, -0.25) is 9.69 Å². The third kappa shape index (κ3) is 2.19. The van der Waals surface area contributed by atoms with Gasteiger partial charge in [-0.05, 0) is 12.8 Å². The van der Waals surface area contributed by atoms with Gasteiger partial charge in [-0.25, -0.2) is 0 Å². The van der Waals surface area contributed by atoms with E-state index in [-0.39, 0.29) is 11.9 Å². The van der Waals surface area contributed by atoms with Crippen LogP contribution >= 0.6 is 0 Å². The minimum absolute atomic E-state index is 0.111. The molecule has 4 nitrogen and oxygen atoms in total. The largest absolute Gasteiger partial charge is 0.383 e. The molecular formula is C8H15N2O2. The minimum atomic E-state index is -0.236. The molecule has 1 aliphatic rings. The Labute approximate surface area is 72.7 Å². The van der Waals surface area contributed by atoms with Crippen molar-refractivity contribution in [3.8, 4) is 0 Å². The quantitative estimate of drug-likeness (QED) is 0.614. The molecule has 0 spiro atoms. The van der Waals surface area contributed by atoms with Gasteiger partial charge in [0.25, 0.3) is 0 Å². The molecule has 0 aromatic carbocycles. The lowest BCUT2D eigenvalue weighted by molar-refractivity contribution is -0.122. The Bertz CT molecular complexity index is 161. The molecule has 1 atom stereocenters. The number of carbonyl (C=O) groups excluding carboxylic acids is 1. The summed E-state index contributed by atoms with van der Waals surface area (Å²) >= 11 is 0. The highest BCUT2D eigenvalue weighted by atomic mass is 16.5. The highest BCUT2D eigenvalue weighted by Gasteiger charge is 2.28. The van der Waals surface area contributed by atoms with E-state index in [1.165, 1.54) is 0 Å². The Balaban J connectivity index is 2.35. The van der Waals surface area contributed by atoms with Crippen LogP contribution in [0.3, 0.4) is 0 Å². The summed E-state index contributed by atoms with van der Waals surface area (Å²) in [6, 6.07) is -0.111. The number of amides is 1. The molecule has 0 aromatic rings. The predicted octanol–water partition coefficient (Wildman–Crippen LogP) is -0.603. The van der Waals surface area contributed by atoms with Crippen molar-refractivity contribution in [2.45, 2.75) is 12.5 Å². The fourth-order valence-corrected chi connectivity index (χ4v) is 1.43. The predicted molar refractivity (Wildman–Crippen MR) is 45.3 cm³/mol. The molecule has 1 aliphatic heterocycles. The molecule has 12 heavy (non-hydrogen) atoms. The van der Waals surface area contributed by atoms with Crippen LogP contribution in [0.5, 0.6) is 0 Å². The van der Waals surface area contributed by atoms with Gasteiger partial charge in [-0.1, -0.05) is 0 Å². The van der Waals surface area contributed by atoms with Crippen LogP contribution in [0.15, 0.2) is 0 Å². The Morgan fingerprint density at radius 2 is 2.58 bits per heavy atom. The lowest BCUT2D eigenvalue weighted by Gasteiger charge is -2.20. The maximum Gasteiger partial charge on any atom is 0.234 e. The van der Waals surface area contributed by atoms with Crippen molar-refractivity contribution < 1.29 is 9.53 Å². The SMILES string of the molecule is COCCN1C[CH]CC1C(N)=O. The maximum atomic E-state index is 10.9. The Kier molecular flexibility index (Phi) is 3.49. The first-order valence-electron chi connectivity index (χ1n) is 4.09. The summed E-state index contributed by atoms with van der Waals surface area (Å²) in [5.74, 6) is -0.236. The van der Waals surface area contributed by atoms with Crippen molar-refractivity contribution in [3.05, 3.63) is 6.42 Å². The molecule has 1 rings (SSSR count). The lowest BCUT2D eigenvalue weighted by atomic mass is 10.2. The molecular weight excluding hydrogens is 156 g/mol. The molecule has 1 saturated heterocycles. The first kappa shape index (κ1) is 9.48. The maximum absolute atomic E-state index is 10.9. The lowest BCUT2D eigenvalue weighted by Crippen LogP contribution is -2.41. The molecule has 0 bridgehead atoms. The van der Waals surface area contributed by atoms with E-state index in [1.54, 1.807) is 7.11 Å². The van der Waals surface area contributed by atoms with Gasteiger partial charge in [-0.2, -0.15) is 0 Å². The Morgan fingerprint density at radius 3 is 3.17 bits per heavy atom. The van der Waals surface area contributed by atoms with E-state index in [1.807, 2.05) is 4.90 Å². The van der Waals surface area contributed by atoms with Crippen molar-refractivity contribution in [3.63, 3.8) is 0 Å². The Hall–Kier alpha value is -0.610. The standard InChI is InChI=1S/C8H15N2O2/c1-12-6-5-10-4-2-3-7(10)8(9)11/h2,7H,3-6H2,1H3,(H2,9,11). The van der Waals surface area contributed by atoms with Gasteiger partial charge in [0.15, 0.2) is 0 Å². The first-order chi connectivity index (χ1) is 5.75. The van der Waals surface area contributed by atoms with E-state index in [2.05, 4.69) is 6.42 Å². The second-order valence-electron chi connectivity index (χ2n) is 2.93. The van der Waals surface area contributed by atoms with Crippen LogP contribution < -0.4 is 5.73 Å². The van der Waals surface area contributed by atoms with Crippen LogP contribution in [0, 0.1) is 6.42 Å². The van der Waals surface area contributed by atoms with Gasteiger partial charge < -0.3 is 10.5 Å². The van der Waals surface area contributed by atoms with Crippen LogP contribution in [0.4, 0.5) is 0 Å². The van der Waals surface area contributed by atoms with Crippen molar-refractivity contribution in [1.82, 2.24) is 4.90 Å². The van der Waals surface area contributed by atoms with Crippen LogP contribution in [0.1, 0.15) is 6.42 Å². The zero-order chi connectivity index (χ0) is 8.97. The molecule has 4 heteroatoms. The fourth-order valence-electron chi connectivity index (χ4n) is 1.43. The number of rotatable bonds is 4. The monoisotopic (exact) mass is 171 g/mol. The number of methoxy groups -OCH3 is 1. The summed E-state index contributed by atoms with van der Waals surface area (Å²) in [6.07, 6.45) is 2.85. The van der Waals surface area contributed by atoms with Gasteiger partial charge in [0.05, 0.1) is 12.6 Å². The summed E-state index contributed by atoms with van der Waals surface area (Å²) in [6.45, 7) is 2.27. The van der Waals surface area contributed by atoms with E-state index < -0.39 is 0 Å². The molecule has 0 aliphatic carbocycles. The molecule has 1 radical (unpaired) electrons. The summed E-state index contributed by atoms with van der Waals surface area (Å²) in [7, 11) is 1.65.